The van der Waals surface area contributed by atoms with Gasteiger partial charge in [-0.25, -0.2) is 4.98 Å². The molecular formula is C12H17ClN4OS. The average molecular weight is 301 g/mol. The molecule has 19 heavy (non-hydrogen) atoms. The summed E-state index contributed by atoms with van der Waals surface area (Å²) >= 11 is 11.1. The Morgan fingerprint density at radius 2 is 2.11 bits per heavy atom. The number of halogens is 1. The molecule has 0 radical (unpaired) electrons. The fourth-order valence-corrected chi connectivity index (χ4v) is 2.56. The lowest BCUT2D eigenvalue weighted by Gasteiger charge is -2.24. The smallest absolute Gasteiger partial charge is 0.233 e. The van der Waals surface area contributed by atoms with Crippen molar-refractivity contribution < 1.29 is 4.74 Å². The van der Waals surface area contributed by atoms with Gasteiger partial charge in [-0.05, 0) is 25.1 Å². The number of ether oxygens (including phenoxy) is 1. The van der Waals surface area contributed by atoms with Gasteiger partial charge in [-0.15, -0.1) is 0 Å². The molecule has 5 nitrogen and oxygen atoms in total. The highest BCUT2D eigenvalue weighted by molar-refractivity contribution is 7.80. The lowest BCUT2D eigenvalue weighted by molar-refractivity contribution is 0.397. The molecule has 1 heterocycles. The zero-order chi connectivity index (χ0) is 13.7. The van der Waals surface area contributed by atoms with E-state index < -0.39 is 0 Å². The largest absolute Gasteiger partial charge is 0.481 e. The lowest BCUT2D eigenvalue weighted by Crippen LogP contribution is -2.39. The molecule has 1 aliphatic carbocycles. The number of nitrogens with zero attached hydrogens (tertiary/aromatic N) is 2. The van der Waals surface area contributed by atoms with E-state index in [2.05, 4.69) is 20.6 Å². The highest BCUT2D eigenvalue weighted by Crippen LogP contribution is 2.18. The first-order chi connectivity index (χ1) is 9.17. The zero-order valence-corrected chi connectivity index (χ0v) is 12.4. The van der Waals surface area contributed by atoms with Crippen LogP contribution in [0.5, 0.6) is 5.88 Å². The van der Waals surface area contributed by atoms with E-state index in [1.807, 2.05) is 0 Å². The number of rotatable bonds is 3. The van der Waals surface area contributed by atoms with Crippen LogP contribution in [0.3, 0.4) is 0 Å². The Morgan fingerprint density at radius 1 is 1.37 bits per heavy atom. The van der Waals surface area contributed by atoms with Crippen LogP contribution in [0.15, 0.2) is 6.07 Å². The fraction of sp³-hybridized carbons (Fsp3) is 0.583. The molecule has 0 amide bonds. The zero-order valence-electron chi connectivity index (χ0n) is 10.8. The summed E-state index contributed by atoms with van der Waals surface area (Å²) in [6.45, 7) is 0. The number of methoxy groups -OCH3 is 1. The summed E-state index contributed by atoms with van der Waals surface area (Å²) < 4.78 is 5.03. The van der Waals surface area contributed by atoms with Crippen LogP contribution >= 0.6 is 23.8 Å². The molecule has 2 rings (SSSR count). The van der Waals surface area contributed by atoms with Gasteiger partial charge in [0.25, 0.3) is 0 Å². The highest BCUT2D eigenvalue weighted by atomic mass is 35.5. The second kappa shape index (κ2) is 6.86. The van der Waals surface area contributed by atoms with E-state index in [0.29, 0.717) is 28.1 Å². The molecule has 1 aromatic rings. The van der Waals surface area contributed by atoms with E-state index in [1.54, 1.807) is 6.07 Å². The van der Waals surface area contributed by atoms with Crippen molar-refractivity contribution in [3.63, 3.8) is 0 Å². The predicted molar refractivity (Wildman–Crippen MR) is 79.8 cm³/mol. The molecule has 1 fully saturated rings. The maximum atomic E-state index is 5.87. The number of aromatic nitrogens is 2. The minimum Gasteiger partial charge on any atom is -0.481 e. The van der Waals surface area contributed by atoms with Crippen molar-refractivity contribution >= 4 is 34.9 Å². The van der Waals surface area contributed by atoms with E-state index in [9.17, 15) is 0 Å². The molecule has 0 aromatic carbocycles. The van der Waals surface area contributed by atoms with Crippen LogP contribution in [0.2, 0.25) is 5.15 Å². The Morgan fingerprint density at radius 3 is 2.79 bits per heavy atom. The van der Waals surface area contributed by atoms with E-state index in [4.69, 9.17) is 28.6 Å². The lowest BCUT2D eigenvalue weighted by atomic mass is 9.96. The second-order valence-electron chi connectivity index (χ2n) is 4.49. The third-order valence-corrected chi connectivity index (χ3v) is 3.46. The van der Waals surface area contributed by atoms with Crippen LogP contribution < -0.4 is 15.4 Å². The maximum Gasteiger partial charge on any atom is 0.233 e. The van der Waals surface area contributed by atoms with E-state index >= 15 is 0 Å². The Bertz CT molecular complexity index is 451. The highest BCUT2D eigenvalue weighted by Gasteiger charge is 2.14. The Kier molecular flexibility index (Phi) is 5.15. The summed E-state index contributed by atoms with van der Waals surface area (Å²) in [7, 11) is 1.53. The number of anilines is 1. The summed E-state index contributed by atoms with van der Waals surface area (Å²) in [6.07, 6.45) is 6.12. The first kappa shape index (κ1) is 14.3. The third kappa shape index (κ3) is 4.47. The Labute approximate surface area is 123 Å². The molecule has 0 aliphatic heterocycles. The summed E-state index contributed by atoms with van der Waals surface area (Å²) in [6, 6.07) is 1.99. The van der Waals surface area contributed by atoms with Crippen LogP contribution in [0.1, 0.15) is 32.1 Å². The van der Waals surface area contributed by atoms with Crippen LogP contribution in [-0.2, 0) is 0 Å². The van der Waals surface area contributed by atoms with Gasteiger partial charge in [-0.3, -0.25) is 0 Å². The molecule has 0 saturated heterocycles. The molecule has 7 heteroatoms. The second-order valence-corrected chi connectivity index (χ2v) is 5.29. The van der Waals surface area contributed by atoms with Crippen molar-refractivity contribution in [3.8, 4) is 5.88 Å². The Hall–Kier alpha value is -1.14. The van der Waals surface area contributed by atoms with E-state index in [-0.39, 0.29) is 0 Å². The number of hydrogen-bond donors (Lipinski definition) is 2. The standard InChI is InChI=1S/C12H17ClN4OS/c1-18-10-7-9(13)15-11(16-10)17-12(19)14-8-5-3-2-4-6-8/h7-8H,2-6H2,1H3,(H2,14,15,16,17,19). The van der Waals surface area contributed by atoms with Crippen LogP contribution in [0.25, 0.3) is 0 Å². The molecule has 1 aromatic heterocycles. The molecule has 0 unspecified atom stereocenters. The molecule has 0 atom stereocenters. The topological polar surface area (TPSA) is 59.1 Å². The maximum absolute atomic E-state index is 5.87. The van der Waals surface area contributed by atoms with Gasteiger partial charge in [0.15, 0.2) is 5.11 Å². The van der Waals surface area contributed by atoms with Crippen molar-refractivity contribution in [2.24, 2.45) is 0 Å². The SMILES string of the molecule is COc1cc(Cl)nc(NC(=S)NC2CCCCC2)n1. The molecular weight excluding hydrogens is 284 g/mol. The van der Waals surface area contributed by atoms with Gasteiger partial charge in [-0.2, -0.15) is 4.98 Å². The Balaban J connectivity index is 1.92. The summed E-state index contributed by atoms with van der Waals surface area (Å²) in [5, 5.41) is 7.06. The number of hydrogen-bond acceptors (Lipinski definition) is 4. The molecule has 1 aliphatic rings. The molecule has 2 N–H and O–H groups in total. The van der Waals surface area contributed by atoms with Crippen LogP contribution in [0, 0.1) is 0 Å². The third-order valence-electron chi connectivity index (χ3n) is 3.05. The van der Waals surface area contributed by atoms with Crippen molar-refractivity contribution in [3.05, 3.63) is 11.2 Å². The number of nitrogens with one attached hydrogen (secondary N) is 2. The summed E-state index contributed by atoms with van der Waals surface area (Å²) in [5.74, 6) is 0.751. The minimum atomic E-state index is 0.315. The predicted octanol–water partition coefficient (Wildman–Crippen LogP) is 2.76. The first-order valence-electron chi connectivity index (χ1n) is 6.33. The summed E-state index contributed by atoms with van der Waals surface area (Å²) in [5.41, 5.74) is 0. The van der Waals surface area contributed by atoms with Gasteiger partial charge in [0.05, 0.1) is 7.11 Å². The molecule has 0 spiro atoms. The van der Waals surface area contributed by atoms with Crippen molar-refractivity contribution in [1.82, 2.24) is 15.3 Å². The first-order valence-corrected chi connectivity index (χ1v) is 7.12. The van der Waals surface area contributed by atoms with Crippen LogP contribution in [-0.4, -0.2) is 28.2 Å². The summed E-state index contributed by atoms with van der Waals surface area (Å²) in [4.78, 5) is 8.18. The van der Waals surface area contributed by atoms with Gasteiger partial charge in [-0.1, -0.05) is 30.9 Å². The monoisotopic (exact) mass is 300 g/mol. The normalized spacial score (nSPS) is 15.9. The van der Waals surface area contributed by atoms with Crippen molar-refractivity contribution in [2.45, 2.75) is 38.1 Å². The molecule has 104 valence electrons. The van der Waals surface area contributed by atoms with Gasteiger partial charge >= 0.3 is 0 Å². The van der Waals surface area contributed by atoms with Crippen molar-refractivity contribution in [1.29, 1.82) is 0 Å². The molecule has 1 saturated carbocycles. The van der Waals surface area contributed by atoms with Gasteiger partial charge in [0, 0.05) is 12.1 Å². The minimum absolute atomic E-state index is 0.315. The number of thiocarbonyl (C=S) groups is 1. The van der Waals surface area contributed by atoms with Crippen molar-refractivity contribution in [2.75, 3.05) is 12.4 Å². The van der Waals surface area contributed by atoms with Gasteiger partial charge in [0.2, 0.25) is 11.8 Å². The van der Waals surface area contributed by atoms with E-state index in [1.165, 1.54) is 26.4 Å². The molecule has 0 bridgehead atoms. The quantitative estimate of drug-likeness (QED) is 0.661. The van der Waals surface area contributed by atoms with Crippen LogP contribution in [0.4, 0.5) is 5.95 Å². The van der Waals surface area contributed by atoms with E-state index in [0.717, 1.165) is 12.8 Å². The van der Waals surface area contributed by atoms with Gasteiger partial charge < -0.3 is 15.4 Å². The average Bonchev–Trinajstić information content (AvgIpc) is 2.38. The fourth-order valence-electron chi connectivity index (χ4n) is 2.13. The van der Waals surface area contributed by atoms with Gasteiger partial charge in [0.1, 0.15) is 5.15 Å².